The van der Waals surface area contributed by atoms with E-state index in [-0.39, 0.29) is 5.56 Å². The Bertz CT molecular complexity index is 413. The number of nitrogens with zero attached hydrogens (tertiary/aromatic N) is 1. The quantitative estimate of drug-likeness (QED) is 0.855. The maximum atomic E-state index is 13.6. The molecule has 0 saturated carbocycles. The Labute approximate surface area is 93.5 Å². The van der Waals surface area contributed by atoms with Gasteiger partial charge >= 0.3 is 5.97 Å². The molecule has 1 aromatic carbocycles. The number of hydrogen-bond acceptors (Lipinski definition) is 2. The van der Waals surface area contributed by atoms with Crippen LogP contribution < -0.4 is 4.90 Å². The Balaban J connectivity index is 2.15. The first kappa shape index (κ1) is 10.9. The molecule has 2 rings (SSSR count). The number of carboxylic acid groups (broad SMARTS) is 1. The zero-order valence-electron chi connectivity index (χ0n) is 9.11. The highest BCUT2D eigenvalue weighted by molar-refractivity contribution is 5.88. The molecule has 1 aliphatic rings. The number of rotatable bonds is 3. The fraction of sp³-hybridized carbons (Fsp3) is 0.417. The Morgan fingerprint density at radius 2 is 2.25 bits per heavy atom. The second-order valence-corrected chi connectivity index (χ2v) is 4.15. The van der Waals surface area contributed by atoms with Crippen molar-refractivity contribution in [1.82, 2.24) is 0 Å². The number of carbonyl (C=O) groups is 1. The molecule has 1 saturated heterocycles. The standard InChI is InChI=1S/C12H14FNO2/c1-2-8-6-14(7-8)11-4-3-9(12(15)16)5-10(11)13/h3-5,8H,2,6-7H2,1H3,(H,15,16). The molecule has 0 aromatic heterocycles. The van der Waals surface area contributed by atoms with E-state index in [1.54, 1.807) is 6.07 Å². The first-order chi connectivity index (χ1) is 7.61. The molecule has 1 N–H and O–H groups in total. The third-order valence-corrected chi connectivity index (χ3v) is 3.07. The van der Waals surface area contributed by atoms with Crippen LogP contribution in [0.1, 0.15) is 23.7 Å². The molecular formula is C12H14FNO2. The molecule has 1 aromatic rings. The largest absolute Gasteiger partial charge is 0.478 e. The van der Waals surface area contributed by atoms with E-state index in [9.17, 15) is 9.18 Å². The van der Waals surface area contributed by atoms with Crippen LogP contribution >= 0.6 is 0 Å². The molecule has 0 aliphatic carbocycles. The molecule has 4 heteroatoms. The highest BCUT2D eigenvalue weighted by atomic mass is 19.1. The van der Waals surface area contributed by atoms with Gasteiger partial charge in [0.2, 0.25) is 0 Å². The van der Waals surface area contributed by atoms with Gasteiger partial charge in [0.1, 0.15) is 5.82 Å². The Morgan fingerprint density at radius 1 is 1.56 bits per heavy atom. The summed E-state index contributed by atoms with van der Waals surface area (Å²) < 4.78 is 13.6. The van der Waals surface area contributed by atoms with Gasteiger partial charge in [-0.05, 0) is 30.5 Å². The summed E-state index contributed by atoms with van der Waals surface area (Å²) >= 11 is 0. The zero-order chi connectivity index (χ0) is 11.7. The van der Waals surface area contributed by atoms with Gasteiger partial charge in [-0.2, -0.15) is 0 Å². The van der Waals surface area contributed by atoms with Gasteiger partial charge in [0, 0.05) is 13.1 Å². The third kappa shape index (κ3) is 1.87. The average Bonchev–Trinajstić information content (AvgIpc) is 2.18. The van der Waals surface area contributed by atoms with Crippen molar-refractivity contribution >= 4 is 11.7 Å². The predicted molar refractivity (Wildman–Crippen MR) is 59.4 cm³/mol. The molecule has 0 unspecified atom stereocenters. The summed E-state index contributed by atoms with van der Waals surface area (Å²) in [5.74, 6) is -0.909. The molecule has 0 bridgehead atoms. The molecular weight excluding hydrogens is 209 g/mol. The second kappa shape index (κ2) is 4.12. The van der Waals surface area contributed by atoms with E-state index in [0.29, 0.717) is 11.6 Å². The highest BCUT2D eigenvalue weighted by Gasteiger charge is 2.27. The van der Waals surface area contributed by atoms with Crippen molar-refractivity contribution in [3.05, 3.63) is 29.6 Å². The van der Waals surface area contributed by atoms with Crippen LogP contribution in [0, 0.1) is 11.7 Å². The van der Waals surface area contributed by atoms with Crippen molar-refractivity contribution in [2.45, 2.75) is 13.3 Å². The number of benzene rings is 1. The average molecular weight is 223 g/mol. The van der Waals surface area contributed by atoms with E-state index >= 15 is 0 Å². The lowest BCUT2D eigenvalue weighted by Crippen LogP contribution is -2.46. The van der Waals surface area contributed by atoms with Crippen molar-refractivity contribution < 1.29 is 14.3 Å². The smallest absolute Gasteiger partial charge is 0.335 e. The molecule has 1 aliphatic heterocycles. The van der Waals surface area contributed by atoms with Crippen molar-refractivity contribution in [3.63, 3.8) is 0 Å². The van der Waals surface area contributed by atoms with Gasteiger partial charge in [0.15, 0.2) is 0 Å². The number of anilines is 1. The first-order valence-corrected chi connectivity index (χ1v) is 5.39. The Kier molecular flexibility index (Phi) is 2.81. The number of halogens is 1. The SMILES string of the molecule is CCC1CN(c2ccc(C(=O)O)cc2F)C1. The van der Waals surface area contributed by atoms with Crippen LogP contribution in [0.5, 0.6) is 0 Å². The van der Waals surface area contributed by atoms with Crippen LogP contribution in [0.4, 0.5) is 10.1 Å². The molecule has 86 valence electrons. The van der Waals surface area contributed by atoms with Gasteiger partial charge in [-0.25, -0.2) is 9.18 Å². The third-order valence-electron chi connectivity index (χ3n) is 3.07. The van der Waals surface area contributed by atoms with E-state index in [1.807, 2.05) is 4.90 Å². The molecule has 0 amide bonds. The molecule has 1 fully saturated rings. The van der Waals surface area contributed by atoms with Crippen LogP contribution in [-0.2, 0) is 0 Å². The minimum atomic E-state index is -1.10. The van der Waals surface area contributed by atoms with Crippen molar-refractivity contribution in [3.8, 4) is 0 Å². The summed E-state index contributed by atoms with van der Waals surface area (Å²) in [5.41, 5.74) is 0.503. The fourth-order valence-corrected chi connectivity index (χ4v) is 1.92. The fourth-order valence-electron chi connectivity index (χ4n) is 1.92. The summed E-state index contributed by atoms with van der Waals surface area (Å²) in [4.78, 5) is 12.6. The van der Waals surface area contributed by atoms with Crippen molar-refractivity contribution in [2.75, 3.05) is 18.0 Å². The lowest BCUT2D eigenvalue weighted by Gasteiger charge is -2.40. The second-order valence-electron chi connectivity index (χ2n) is 4.15. The predicted octanol–water partition coefficient (Wildman–Crippen LogP) is 2.37. The molecule has 0 spiro atoms. The minimum absolute atomic E-state index is 0.00573. The molecule has 16 heavy (non-hydrogen) atoms. The maximum Gasteiger partial charge on any atom is 0.335 e. The summed E-state index contributed by atoms with van der Waals surface area (Å²) in [6.07, 6.45) is 1.10. The van der Waals surface area contributed by atoms with E-state index in [0.717, 1.165) is 25.6 Å². The zero-order valence-corrected chi connectivity index (χ0v) is 9.11. The van der Waals surface area contributed by atoms with Crippen LogP contribution in [0.3, 0.4) is 0 Å². The number of aromatic carboxylic acids is 1. The monoisotopic (exact) mass is 223 g/mol. The number of carboxylic acids is 1. The topological polar surface area (TPSA) is 40.5 Å². The summed E-state index contributed by atoms with van der Waals surface area (Å²) in [6.45, 7) is 3.84. The van der Waals surface area contributed by atoms with E-state index in [2.05, 4.69) is 6.92 Å². The summed E-state index contributed by atoms with van der Waals surface area (Å²) in [5, 5.41) is 8.71. The summed E-state index contributed by atoms with van der Waals surface area (Å²) in [6, 6.07) is 4.07. The van der Waals surface area contributed by atoms with Crippen LogP contribution in [-0.4, -0.2) is 24.2 Å². The van der Waals surface area contributed by atoms with E-state index in [4.69, 9.17) is 5.11 Å². The lowest BCUT2D eigenvalue weighted by atomic mass is 9.96. The first-order valence-electron chi connectivity index (χ1n) is 5.39. The van der Waals surface area contributed by atoms with Crippen LogP contribution in [0.25, 0.3) is 0 Å². The van der Waals surface area contributed by atoms with Crippen molar-refractivity contribution in [1.29, 1.82) is 0 Å². The van der Waals surface area contributed by atoms with Gasteiger partial charge in [-0.3, -0.25) is 0 Å². The van der Waals surface area contributed by atoms with Crippen molar-refractivity contribution in [2.24, 2.45) is 5.92 Å². The minimum Gasteiger partial charge on any atom is -0.478 e. The molecule has 0 radical (unpaired) electrons. The summed E-state index contributed by atoms with van der Waals surface area (Å²) in [7, 11) is 0. The van der Waals surface area contributed by atoms with E-state index < -0.39 is 11.8 Å². The maximum absolute atomic E-state index is 13.6. The molecule has 0 atom stereocenters. The van der Waals surface area contributed by atoms with Gasteiger partial charge < -0.3 is 10.0 Å². The Hall–Kier alpha value is -1.58. The van der Waals surface area contributed by atoms with Gasteiger partial charge in [0.25, 0.3) is 0 Å². The molecule has 1 heterocycles. The highest BCUT2D eigenvalue weighted by Crippen LogP contribution is 2.29. The van der Waals surface area contributed by atoms with Crippen LogP contribution in [0.15, 0.2) is 18.2 Å². The van der Waals surface area contributed by atoms with Gasteiger partial charge in [-0.1, -0.05) is 6.92 Å². The lowest BCUT2D eigenvalue weighted by molar-refractivity contribution is 0.0696. The Morgan fingerprint density at radius 3 is 2.75 bits per heavy atom. The van der Waals surface area contributed by atoms with E-state index in [1.165, 1.54) is 6.07 Å². The van der Waals surface area contributed by atoms with Gasteiger partial charge in [-0.15, -0.1) is 0 Å². The van der Waals surface area contributed by atoms with Crippen LogP contribution in [0.2, 0.25) is 0 Å². The number of hydrogen-bond donors (Lipinski definition) is 1. The normalized spacial score (nSPS) is 16.0. The van der Waals surface area contributed by atoms with Gasteiger partial charge in [0.05, 0.1) is 11.3 Å². The molecule has 3 nitrogen and oxygen atoms in total.